The van der Waals surface area contributed by atoms with Gasteiger partial charge in [0.25, 0.3) is 0 Å². The first-order valence-corrected chi connectivity index (χ1v) is 5.01. The SMILES string of the molecule is C/C=C/CO[C@@H]1C(=O)CCC[C@@H]1C. The van der Waals surface area contributed by atoms with Crippen molar-refractivity contribution in [1.29, 1.82) is 0 Å². The van der Waals surface area contributed by atoms with Crippen LogP contribution in [0.1, 0.15) is 33.1 Å². The summed E-state index contributed by atoms with van der Waals surface area (Å²) in [5, 5.41) is 0. The van der Waals surface area contributed by atoms with E-state index < -0.39 is 0 Å². The summed E-state index contributed by atoms with van der Waals surface area (Å²) in [6.45, 7) is 4.62. The highest BCUT2D eigenvalue weighted by Crippen LogP contribution is 2.23. The summed E-state index contributed by atoms with van der Waals surface area (Å²) in [5.74, 6) is 0.676. The van der Waals surface area contributed by atoms with Crippen LogP contribution < -0.4 is 0 Å². The summed E-state index contributed by atoms with van der Waals surface area (Å²) >= 11 is 0. The summed E-state index contributed by atoms with van der Waals surface area (Å²) in [6.07, 6.45) is 6.58. The van der Waals surface area contributed by atoms with Crippen molar-refractivity contribution in [3.63, 3.8) is 0 Å². The molecule has 0 radical (unpaired) electrons. The molecule has 2 atom stereocenters. The minimum atomic E-state index is -0.148. The number of ether oxygens (including phenoxy) is 1. The molecular formula is C11H18O2. The molecule has 74 valence electrons. The molecule has 1 fully saturated rings. The van der Waals surface area contributed by atoms with E-state index in [1.807, 2.05) is 19.1 Å². The Kier molecular flexibility index (Phi) is 4.16. The van der Waals surface area contributed by atoms with Crippen LogP contribution in [0.4, 0.5) is 0 Å². The predicted octanol–water partition coefficient (Wildman–Crippen LogP) is 2.34. The number of rotatable bonds is 3. The van der Waals surface area contributed by atoms with Crippen molar-refractivity contribution < 1.29 is 9.53 Å². The molecular weight excluding hydrogens is 164 g/mol. The quantitative estimate of drug-likeness (QED) is 0.626. The van der Waals surface area contributed by atoms with Gasteiger partial charge in [-0.05, 0) is 25.7 Å². The lowest BCUT2D eigenvalue weighted by atomic mass is 9.87. The van der Waals surface area contributed by atoms with E-state index in [1.165, 1.54) is 0 Å². The Morgan fingerprint density at radius 3 is 3.00 bits per heavy atom. The molecule has 1 saturated carbocycles. The molecule has 0 bridgehead atoms. The van der Waals surface area contributed by atoms with Crippen LogP contribution in [-0.4, -0.2) is 18.5 Å². The third-order valence-electron chi connectivity index (χ3n) is 2.52. The minimum Gasteiger partial charge on any atom is -0.366 e. The highest BCUT2D eigenvalue weighted by molar-refractivity contribution is 5.84. The van der Waals surface area contributed by atoms with Gasteiger partial charge in [-0.15, -0.1) is 0 Å². The Hall–Kier alpha value is -0.630. The van der Waals surface area contributed by atoms with Crippen molar-refractivity contribution in [2.45, 2.75) is 39.2 Å². The van der Waals surface area contributed by atoms with Gasteiger partial charge >= 0.3 is 0 Å². The molecule has 2 nitrogen and oxygen atoms in total. The lowest BCUT2D eigenvalue weighted by Crippen LogP contribution is -2.34. The molecule has 13 heavy (non-hydrogen) atoms. The van der Waals surface area contributed by atoms with E-state index in [1.54, 1.807) is 0 Å². The Morgan fingerprint density at radius 2 is 2.38 bits per heavy atom. The second-order valence-electron chi connectivity index (χ2n) is 3.66. The molecule has 0 aromatic carbocycles. The zero-order valence-electron chi connectivity index (χ0n) is 8.45. The Labute approximate surface area is 80.0 Å². The van der Waals surface area contributed by atoms with Gasteiger partial charge in [0.2, 0.25) is 0 Å². The van der Waals surface area contributed by atoms with Crippen LogP contribution in [0.3, 0.4) is 0 Å². The van der Waals surface area contributed by atoms with Crippen molar-refractivity contribution in [1.82, 2.24) is 0 Å². The molecule has 0 saturated heterocycles. The van der Waals surface area contributed by atoms with Crippen LogP contribution in [0.25, 0.3) is 0 Å². The third-order valence-corrected chi connectivity index (χ3v) is 2.52. The largest absolute Gasteiger partial charge is 0.366 e. The number of hydrogen-bond acceptors (Lipinski definition) is 2. The van der Waals surface area contributed by atoms with Gasteiger partial charge in [-0.2, -0.15) is 0 Å². The average Bonchev–Trinajstić information content (AvgIpc) is 2.10. The predicted molar refractivity (Wildman–Crippen MR) is 52.6 cm³/mol. The normalized spacial score (nSPS) is 29.8. The van der Waals surface area contributed by atoms with Crippen molar-refractivity contribution >= 4 is 5.78 Å². The van der Waals surface area contributed by atoms with Crippen molar-refractivity contribution in [2.24, 2.45) is 5.92 Å². The topological polar surface area (TPSA) is 26.3 Å². The second kappa shape index (κ2) is 5.18. The summed E-state index contributed by atoms with van der Waals surface area (Å²) in [6, 6.07) is 0. The maximum Gasteiger partial charge on any atom is 0.161 e. The Balaban J connectivity index is 2.39. The standard InChI is InChI=1S/C11H18O2/c1-3-4-8-13-11-9(2)6-5-7-10(11)12/h3-4,9,11H,5-8H2,1-2H3/b4-3+/t9-,11-/m0/s1. The monoisotopic (exact) mass is 182 g/mol. The number of carbonyl (C=O) groups is 1. The average molecular weight is 182 g/mol. The number of ketones is 1. The van der Waals surface area contributed by atoms with Crippen molar-refractivity contribution in [3.05, 3.63) is 12.2 Å². The molecule has 1 aliphatic rings. The summed E-state index contributed by atoms with van der Waals surface area (Å²) in [7, 11) is 0. The van der Waals surface area contributed by atoms with Crippen molar-refractivity contribution in [2.75, 3.05) is 6.61 Å². The summed E-state index contributed by atoms with van der Waals surface area (Å²) < 4.78 is 5.51. The zero-order chi connectivity index (χ0) is 9.68. The number of carbonyl (C=O) groups excluding carboxylic acids is 1. The molecule has 2 heteroatoms. The van der Waals surface area contributed by atoms with E-state index in [-0.39, 0.29) is 11.9 Å². The number of hydrogen-bond donors (Lipinski definition) is 0. The lowest BCUT2D eigenvalue weighted by Gasteiger charge is -2.26. The summed E-state index contributed by atoms with van der Waals surface area (Å²) in [5.41, 5.74) is 0. The van der Waals surface area contributed by atoms with E-state index in [0.717, 1.165) is 12.8 Å². The van der Waals surface area contributed by atoms with E-state index in [0.29, 0.717) is 18.9 Å². The maximum atomic E-state index is 11.4. The molecule has 1 aliphatic carbocycles. The first-order valence-electron chi connectivity index (χ1n) is 5.01. The number of Topliss-reactive ketones (excluding diaryl/α,β-unsaturated/α-hetero) is 1. The fraction of sp³-hybridized carbons (Fsp3) is 0.727. The van der Waals surface area contributed by atoms with Gasteiger partial charge < -0.3 is 4.74 Å². The third kappa shape index (κ3) is 2.96. The summed E-state index contributed by atoms with van der Waals surface area (Å²) in [4.78, 5) is 11.4. The van der Waals surface area contributed by atoms with Crippen LogP contribution in [0.2, 0.25) is 0 Å². The zero-order valence-corrected chi connectivity index (χ0v) is 8.45. The molecule has 0 amide bonds. The number of allylic oxidation sites excluding steroid dienone is 1. The van der Waals surface area contributed by atoms with Gasteiger partial charge in [-0.25, -0.2) is 0 Å². The Bertz CT molecular complexity index is 196. The van der Waals surface area contributed by atoms with Gasteiger partial charge in [0.05, 0.1) is 6.61 Å². The van der Waals surface area contributed by atoms with Crippen LogP contribution in [0, 0.1) is 5.92 Å². The first kappa shape index (κ1) is 10.5. The lowest BCUT2D eigenvalue weighted by molar-refractivity contribution is -0.135. The highest BCUT2D eigenvalue weighted by atomic mass is 16.5. The highest BCUT2D eigenvalue weighted by Gasteiger charge is 2.28. The van der Waals surface area contributed by atoms with E-state index >= 15 is 0 Å². The van der Waals surface area contributed by atoms with Gasteiger partial charge in [-0.1, -0.05) is 19.1 Å². The Morgan fingerprint density at radius 1 is 1.62 bits per heavy atom. The van der Waals surface area contributed by atoms with Crippen molar-refractivity contribution in [3.8, 4) is 0 Å². The van der Waals surface area contributed by atoms with Crippen LogP contribution in [0.15, 0.2) is 12.2 Å². The van der Waals surface area contributed by atoms with Gasteiger partial charge in [0.1, 0.15) is 6.10 Å². The molecule has 0 aromatic heterocycles. The fourth-order valence-corrected chi connectivity index (χ4v) is 1.72. The molecule has 1 rings (SSSR count). The maximum absolute atomic E-state index is 11.4. The van der Waals surface area contributed by atoms with E-state index in [9.17, 15) is 4.79 Å². The smallest absolute Gasteiger partial charge is 0.161 e. The fourth-order valence-electron chi connectivity index (χ4n) is 1.72. The van der Waals surface area contributed by atoms with Crippen LogP contribution in [-0.2, 0) is 9.53 Å². The van der Waals surface area contributed by atoms with E-state index in [4.69, 9.17) is 4.74 Å². The minimum absolute atomic E-state index is 0.148. The van der Waals surface area contributed by atoms with Crippen LogP contribution >= 0.6 is 0 Å². The molecule has 0 heterocycles. The molecule has 0 unspecified atom stereocenters. The van der Waals surface area contributed by atoms with Gasteiger partial charge in [0.15, 0.2) is 5.78 Å². The molecule has 0 aliphatic heterocycles. The molecule has 0 spiro atoms. The molecule has 0 aromatic rings. The van der Waals surface area contributed by atoms with E-state index in [2.05, 4.69) is 6.92 Å². The molecule has 0 N–H and O–H groups in total. The second-order valence-corrected chi connectivity index (χ2v) is 3.66. The van der Waals surface area contributed by atoms with Gasteiger partial charge in [-0.3, -0.25) is 4.79 Å². The van der Waals surface area contributed by atoms with Gasteiger partial charge in [0, 0.05) is 6.42 Å². The first-order chi connectivity index (χ1) is 6.25. The van der Waals surface area contributed by atoms with Crippen LogP contribution in [0.5, 0.6) is 0 Å².